The minimum absolute atomic E-state index is 0.0256. The normalized spacial score (nSPS) is 12.2. The van der Waals surface area contributed by atoms with Gasteiger partial charge in [0.05, 0.1) is 12.2 Å². The van der Waals surface area contributed by atoms with E-state index in [1.165, 1.54) is 34.4 Å². The zero-order valence-corrected chi connectivity index (χ0v) is 17.4. The van der Waals surface area contributed by atoms with E-state index in [4.69, 9.17) is 4.74 Å². The third-order valence-electron chi connectivity index (χ3n) is 4.07. The van der Waals surface area contributed by atoms with Gasteiger partial charge in [0, 0.05) is 28.9 Å². The Balaban J connectivity index is 1.80. The molecule has 1 aliphatic rings. The maximum absolute atomic E-state index is 12.8. The molecule has 0 atom stereocenters. The number of carbonyl (C=O) groups is 4. The molecule has 0 spiro atoms. The van der Waals surface area contributed by atoms with Gasteiger partial charge in [-0.1, -0.05) is 18.2 Å². The van der Waals surface area contributed by atoms with Crippen molar-refractivity contribution < 1.29 is 23.9 Å². The van der Waals surface area contributed by atoms with Crippen molar-refractivity contribution in [2.45, 2.75) is 6.92 Å². The summed E-state index contributed by atoms with van der Waals surface area (Å²) in [7, 11) is 0. The first kappa shape index (κ1) is 21.7. The quantitative estimate of drug-likeness (QED) is 0.736. The molecule has 3 rings (SSSR count). The lowest BCUT2D eigenvalue weighted by molar-refractivity contribution is 0.0505. The first-order valence-corrected chi connectivity index (χ1v) is 10.2. The van der Waals surface area contributed by atoms with Gasteiger partial charge in [0.15, 0.2) is 0 Å². The number of thiophene rings is 1. The van der Waals surface area contributed by atoms with Crippen molar-refractivity contribution in [2.24, 2.45) is 0 Å². The first-order chi connectivity index (χ1) is 15.0. The second kappa shape index (κ2) is 10.2. The molecule has 31 heavy (non-hydrogen) atoms. The number of hydrazine groups is 1. The Hall–Kier alpha value is -3.98. The van der Waals surface area contributed by atoms with E-state index in [0.29, 0.717) is 5.01 Å². The minimum atomic E-state index is -1.01. The molecule has 8 nitrogen and oxygen atoms in total. The summed E-state index contributed by atoms with van der Waals surface area (Å²) in [6.07, 6.45) is 9.16. The van der Waals surface area contributed by atoms with Crippen molar-refractivity contribution in [3.8, 4) is 0 Å². The monoisotopic (exact) mass is 437 g/mol. The van der Waals surface area contributed by atoms with Gasteiger partial charge < -0.3 is 4.74 Å². The topological polar surface area (TPSA) is 96.0 Å². The van der Waals surface area contributed by atoms with Crippen LogP contribution in [0.25, 0.3) is 0 Å². The lowest BCUT2D eigenvalue weighted by Gasteiger charge is -2.20. The molecule has 1 aromatic heterocycles. The van der Waals surface area contributed by atoms with Gasteiger partial charge in [0.25, 0.3) is 17.7 Å². The highest BCUT2D eigenvalue weighted by atomic mass is 32.1. The number of carbonyl (C=O) groups excluding carboxylic acids is 4. The zero-order valence-electron chi connectivity index (χ0n) is 16.6. The third kappa shape index (κ3) is 5.34. The molecular weight excluding hydrogens is 418 g/mol. The van der Waals surface area contributed by atoms with Gasteiger partial charge in [-0.3, -0.25) is 24.7 Å². The van der Waals surface area contributed by atoms with E-state index in [1.807, 2.05) is 0 Å². The highest BCUT2D eigenvalue weighted by Gasteiger charge is 2.27. The molecule has 0 unspecified atom stereocenters. The van der Waals surface area contributed by atoms with Crippen LogP contribution in [-0.2, 0) is 4.74 Å². The number of benzene rings is 1. The molecule has 0 radical (unpaired) electrons. The van der Waals surface area contributed by atoms with E-state index < -0.39 is 17.9 Å². The SMILES string of the molecule is CCOC(=O)N(NC(=O)c1cccc(C(=O)N2C=CC=CC=C2)c1)C(=O)c1ccsc1. The van der Waals surface area contributed by atoms with Crippen LogP contribution in [0.3, 0.4) is 0 Å². The molecule has 0 bridgehead atoms. The Morgan fingerprint density at radius 3 is 2.35 bits per heavy atom. The van der Waals surface area contributed by atoms with Crippen LogP contribution in [0.2, 0.25) is 0 Å². The van der Waals surface area contributed by atoms with Gasteiger partial charge in [0.1, 0.15) is 0 Å². The molecule has 0 aliphatic carbocycles. The van der Waals surface area contributed by atoms with Crippen molar-refractivity contribution in [2.75, 3.05) is 6.61 Å². The molecule has 2 heterocycles. The van der Waals surface area contributed by atoms with Crippen molar-refractivity contribution in [1.82, 2.24) is 15.3 Å². The van der Waals surface area contributed by atoms with Crippen LogP contribution in [0.1, 0.15) is 38.0 Å². The number of ether oxygens (including phenoxy) is 1. The van der Waals surface area contributed by atoms with Gasteiger partial charge in [-0.15, -0.1) is 5.01 Å². The number of hydrogen-bond donors (Lipinski definition) is 1. The van der Waals surface area contributed by atoms with Gasteiger partial charge in [-0.05, 0) is 48.7 Å². The highest BCUT2D eigenvalue weighted by Crippen LogP contribution is 2.13. The van der Waals surface area contributed by atoms with Crippen LogP contribution in [0.5, 0.6) is 0 Å². The van der Waals surface area contributed by atoms with E-state index in [2.05, 4.69) is 5.43 Å². The second-order valence-corrected chi connectivity index (χ2v) is 6.93. The fraction of sp³-hybridized carbons (Fsp3) is 0.0909. The summed E-state index contributed by atoms with van der Waals surface area (Å²) in [5.74, 6) is -1.81. The van der Waals surface area contributed by atoms with Crippen LogP contribution in [-0.4, -0.2) is 40.3 Å². The molecule has 158 valence electrons. The number of nitrogens with one attached hydrogen (secondary N) is 1. The number of amides is 4. The van der Waals surface area contributed by atoms with E-state index in [9.17, 15) is 19.2 Å². The lowest BCUT2D eigenvalue weighted by Crippen LogP contribution is -2.50. The van der Waals surface area contributed by atoms with Crippen LogP contribution < -0.4 is 5.43 Å². The van der Waals surface area contributed by atoms with Crippen LogP contribution in [0, 0.1) is 0 Å². The van der Waals surface area contributed by atoms with E-state index >= 15 is 0 Å². The molecule has 0 saturated carbocycles. The van der Waals surface area contributed by atoms with E-state index in [1.54, 1.807) is 66.5 Å². The fourth-order valence-corrected chi connectivity index (χ4v) is 3.22. The van der Waals surface area contributed by atoms with Gasteiger partial charge >= 0.3 is 6.09 Å². The molecule has 2 aromatic rings. The molecule has 9 heteroatoms. The second-order valence-electron chi connectivity index (χ2n) is 6.15. The predicted molar refractivity (Wildman–Crippen MR) is 115 cm³/mol. The smallest absolute Gasteiger partial charge is 0.436 e. The standard InChI is InChI=1S/C22H19N3O5S/c1-2-30-22(29)25(21(28)18-10-13-31-15-18)23-19(26)16-8-7-9-17(14-16)20(27)24-11-5-3-4-6-12-24/h3-15H,2H2,1H3,(H,23,26). The van der Waals surface area contributed by atoms with Crippen molar-refractivity contribution in [3.05, 3.63) is 94.5 Å². The summed E-state index contributed by atoms with van der Waals surface area (Å²) >= 11 is 1.28. The lowest BCUT2D eigenvalue weighted by atomic mass is 10.1. The Morgan fingerprint density at radius 1 is 1.00 bits per heavy atom. The third-order valence-corrected chi connectivity index (χ3v) is 4.75. The van der Waals surface area contributed by atoms with Gasteiger partial charge in [0.2, 0.25) is 0 Å². The fourth-order valence-electron chi connectivity index (χ4n) is 2.59. The van der Waals surface area contributed by atoms with Crippen LogP contribution in [0.4, 0.5) is 4.79 Å². The first-order valence-electron chi connectivity index (χ1n) is 9.30. The summed E-state index contributed by atoms with van der Waals surface area (Å²) in [4.78, 5) is 51.8. The van der Waals surface area contributed by atoms with Crippen molar-refractivity contribution in [3.63, 3.8) is 0 Å². The van der Waals surface area contributed by atoms with Gasteiger partial charge in [-0.2, -0.15) is 11.3 Å². The largest absolute Gasteiger partial charge is 0.448 e. The van der Waals surface area contributed by atoms with Crippen LogP contribution in [0.15, 0.2) is 77.8 Å². The number of imide groups is 1. The predicted octanol–water partition coefficient (Wildman–Crippen LogP) is 3.73. The molecule has 0 saturated heterocycles. The summed E-state index contributed by atoms with van der Waals surface area (Å²) in [5.41, 5.74) is 2.86. The Morgan fingerprint density at radius 2 is 1.71 bits per heavy atom. The average Bonchev–Trinajstić information content (AvgIpc) is 3.19. The van der Waals surface area contributed by atoms with Crippen molar-refractivity contribution >= 4 is 35.2 Å². The number of hydrogen-bond acceptors (Lipinski definition) is 6. The summed E-state index contributed by atoms with van der Waals surface area (Å²) in [5, 5.41) is 3.75. The molecule has 0 fully saturated rings. The van der Waals surface area contributed by atoms with E-state index in [-0.39, 0.29) is 29.2 Å². The summed E-state index contributed by atoms with van der Waals surface area (Å²) in [6.45, 7) is 1.61. The molecule has 1 aromatic carbocycles. The average molecular weight is 437 g/mol. The minimum Gasteiger partial charge on any atom is -0.448 e. The molecule has 4 amide bonds. The molecule has 1 aliphatic heterocycles. The number of allylic oxidation sites excluding steroid dienone is 4. The van der Waals surface area contributed by atoms with Crippen molar-refractivity contribution in [1.29, 1.82) is 0 Å². The van der Waals surface area contributed by atoms with E-state index in [0.717, 1.165) is 0 Å². The summed E-state index contributed by atoms with van der Waals surface area (Å²) < 4.78 is 4.89. The molecule has 1 N–H and O–H groups in total. The number of nitrogens with zero attached hydrogens (tertiary/aromatic N) is 2. The summed E-state index contributed by atoms with van der Waals surface area (Å²) in [6, 6.07) is 7.50. The Labute approximate surface area is 182 Å². The zero-order chi connectivity index (χ0) is 22.2. The Kier molecular flexibility index (Phi) is 7.13. The van der Waals surface area contributed by atoms with Crippen LogP contribution >= 0.6 is 11.3 Å². The maximum atomic E-state index is 12.8. The highest BCUT2D eigenvalue weighted by molar-refractivity contribution is 7.08. The number of rotatable bonds is 4. The Bertz CT molecular complexity index is 1060. The van der Waals surface area contributed by atoms with Gasteiger partial charge in [-0.25, -0.2) is 4.79 Å². The molecular formula is C22H19N3O5S. The maximum Gasteiger partial charge on any atom is 0.436 e.